The Labute approximate surface area is 88.2 Å². The van der Waals surface area contributed by atoms with Gasteiger partial charge < -0.3 is 9.84 Å². The minimum absolute atomic E-state index is 0.260. The summed E-state index contributed by atoms with van der Waals surface area (Å²) in [6.07, 6.45) is 4.88. The molecule has 0 saturated carbocycles. The van der Waals surface area contributed by atoms with Crippen LogP contribution in [0.3, 0.4) is 0 Å². The number of phenolic OH excluding ortho intramolecular Hbond substituents is 1. The van der Waals surface area contributed by atoms with E-state index in [1.807, 2.05) is 0 Å². The second kappa shape index (κ2) is 6.37. The van der Waals surface area contributed by atoms with Crippen LogP contribution in [-0.2, 0) is 0 Å². The van der Waals surface area contributed by atoms with E-state index in [1.165, 1.54) is 6.33 Å². The molecule has 1 aromatic carbocycles. The molecule has 0 fully saturated rings. The molecule has 2 rings (SSSR count). The number of phenols is 1. The van der Waals surface area contributed by atoms with Gasteiger partial charge in [-0.3, -0.25) is 0 Å². The van der Waals surface area contributed by atoms with E-state index >= 15 is 0 Å². The van der Waals surface area contributed by atoms with Crippen molar-refractivity contribution in [1.82, 2.24) is 9.97 Å². The lowest BCUT2D eigenvalue weighted by atomic mass is 10.3. The van der Waals surface area contributed by atoms with Gasteiger partial charge in [-0.2, -0.15) is 0 Å². The number of benzene rings is 1. The Hall–Kier alpha value is -2.10. The third-order valence-corrected chi connectivity index (χ3v) is 1.55. The third kappa shape index (κ3) is 4.61. The first kappa shape index (κ1) is 11.0. The van der Waals surface area contributed by atoms with E-state index in [0.29, 0.717) is 0 Å². The lowest BCUT2D eigenvalue weighted by molar-refractivity contribution is 0.412. The first-order valence-electron chi connectivity index (χ1n) is 4.36. The Balaban J connectivity index is 0.000000162. The summed E-state index contributed by atoms with van der Waals surface area (Å²) in [7, 11) is 1.59. The largest absolute Gasteiger partial charge is 0.508 e. The highest BCUT2D eigenvalue weighted by atomic mass is 16.5. The van der Waals surface area contributed by atoms with Crippen LogP contribution in [0.5, 0.6) is 11.5 Å². The molecule has 0 radical (unpaired) electrons. The van der Waals surface area contributed by atoms with Crippen LogP contribution in [0.25, 0.3) is 0 Å². The van der Waals surface area contributed by atoms with Gasteiger partial charge in [0.05, 0.1) is 7.11 Å². The van der Waals surface area contributed by atoms with Gasteiger partial charge >= 0.3 is 0 Å². The normalized spacial score (nSPS) is 8.60. The molecule has 0 aliphatic heterocycles. The molecule has 1 aromatic heterocycles. The molecule has 0 aliphatic rings. The Kier molecular flexibility index (Phi) is 4.66. The molecule has 0 bridgehead atoms. The molecule has 1 N–H and O–H groups in total. The summed E-state index contributed by atoms with van der Waals surface area (Å²) in [4.78, 5) is 7.35. The van der Waals surface area contributed by atoms with Crippen LogP contribution in [0.2, 0.25) is 0 Å². The minimum Gasteiger partial charge on any atom is -0.508 e. The first-order valence-corrected chi connectivity index (χ1v) is 4.36. The summed E-state index contributed by atoms with van der Waals surface area (Å²) < 4.78 is 4.86. The number of rotatable bonds is 1. The number of ether oxygens (including phenoxy) is 1. The maximum absolute atomic E-state index is 8.80. The standard InChI is InChI=1S/C7H8O2.C4H4N2/c1-9-7-4-2-6(8)3-5-7;1-2-5-4-6-3-1/h2-5,8H,1H3;1-4H. The fourth-order valence-electron chi connectivity index (χ4n) is 0.836. The van der Waals surface area contributed by atoms with Crippen molar-refractivity contribution in [2.75, 3.05) is 7.11 Å². The van der Waals surface area contributed by atoms with Crippen molar-refractivity contribution in [1.29, 1.82) is 0 Å². The van der Waals surface area contributed by atoms with Crippen molar-refractivity contribution in [2.45, 2.75) is 0 Å². The van der Waals surface area contributed by atoms with Crippen molar-refractivity contribution in [3.05, 3.63) is 49.1 Å². The number of nitrogens with zero attached hydrogens (tertiary/aromatic N) is 2. The zero-order valence-electron chi connectivity index (χ0n) is 8.37. The molecule has 0 unspecified atom stereocenters. The predicted molar refractivity (Wildman–Crippen MR) is 56.7 cm³/mol. The monoisotopic (exact) mass is 204 g/mol. The smallest absolute Gasteiger partial charge is 0.119 e. The Morgan fingerprint density at radius 1 is 1.07 bits per heavy atom. The molecule has 0 spiro atoms. The lowest BCUT2D eigenvalue weighted by Crippen LogP contribution is -1.79. The average molecular weight is 204 g/mol. The van der Waals surface area contributed by atoms with Crippen LogP contribution < -0.4 is 4.74 Å². The van der Waals surface area contributed by atoms with Gasteiger partial charge in [0.15, 0.2) is 0 Å². The predicted octanol–water partition coefficient (Wildman–Crippen LogP) is 1.88. The quantitative estimate of drug-likeness (QED) is 0.770. The van der Waals surface area contributed by atoms with Gasteiger partial charge in [-0.1, -0.05) is 0 Å². The van der Waals surface area contributed by atoms with Crippen molar-refractivity contribution in [3.8, 4) is 11.5 Å². The second-order valence-electron chi connectivity index (χ2n) is 2.60. The molecule has 4 nitrogen and oxygen atoms in total. The Bertz CT molecular complexity index is 335. The van der Waals surface area contributed by atoms with Gasteiger partial charge in [-0.25, -0.2) is 9.97 Å². The zero-order chi connectivity index (χ0) is 10.9. The van der Waals surface area contributed by atoms with Crippen molar-refractivity contribution >= 4 is 0 Å². The summed E-state index contributed by atoms with van der Waals surface area (Å²) in [5.41, 5.74) is 0. The van der Waals surface area contributed by atoms with E-state index in [9.17, 15) is 0 Å². The number of methoxy groups -OCH3 is 1. The number of hydrogen-bond donors (Lipinski definition) is 1. The van der Waals surface area contributed by atoms with Crippen LogP contribution >= 0.6 is 0 Å². The Morgan fingerprint density at radius 2 is 1.67 bits per heavy atom. The van der Waals surface area contributed by atoms with Crippen molar-refractivity contribution in [3.63, 3.8) is 0 Å². The molecule has 0 atom stereocenters. The summed E-state index contributed by atoms with van der Waals surface area (Å²) in [6, 6.07) is 8.35. The molecule has 4 heteroatoms. The van der Waals surface area contributed by atoms with Gasteiger partial charge in [-0.15, -0.1) is 0 Å². The average Bonchev–Trinajstić information content (AvgIpc) is 2.33. The van der Waals surface area contributed by atoms with Gasteiger partial charge in [0, 0.05) is 12.4 Å². The van der Waals surface area contributed by atoms with E-state index in [4.69, 9.17) is 9.84 Å². The number of aromatic hydroxyl groups is 1. The molecule has 0 aliphatic carbocycles. The maximum atomic E-state index is 8.80. The highest BCUT2D eigenvalue weighted by Crippen LogP contribution is 2.14. The highest BCUT2D eigenvalue weighted by Gasteiger charge is 1.87. The fraction of sp³-hybridized carbons (Fsp3) is 0.0909. The van der Waals surface area contributed by atoms with E-state index in [2.05, 4.69) is 9.97 Å². The van der Waals surface area contributed by atoms with Gasteiger partial charge in [-0.05, 0) is 30.3 Å². The molecule has 0 saturated heterocycles. The van der Waals surface area contributed by atoms with Crippen LogP contribution in [0.15, 0.2) is 49.1 Å². The van der Waals surface area contributed by atoms with Gasteiger partial charge in [0.25, 0.3) is 0 Å². The molecular weight excluding hydrogens is 192 g/mol. The van der Waals surface area contributed by atoms with Crippen LogP contribution in [0, 0.1) is 0 Å². The van der Waals surface area contributed by atoms with E-state index in [1.54, 1.807) is 49.8 Å². The van der Waals surface area contributed by atoms with Gasteiger partial charge in [0.1, 0.15) is 17.8 Å². The van der Waals surface area contributed by atoms with E-state index < -0.39 is 0 Å². The molecule has 15 heavy (non-hydrogen) atoms. The molecular formula is C11H12N2O2. The fourth-order valence-corrected chi connectivity index (χ4v) is 0.836. The summed E-state index contributed by atoms with van der Waals surface area (Å²) in [5, 5.41) is 8.80. The van der Waals surface area contributed by atoms with Crippen LogP contribution in [0.1, 0.15) is 0 Å². The van der Waals surface area contributed by atoms with Crippen molar-refractivity contribution in [2.24, 2.45) is 0 Å². The number of aromatic nitrogens is 2. The minimum atomic E-state index is 0.260. The lowest BCUT2D eigenvalue weighted by Gasteiger charge is -1.96. The van der Waals surface area contributed by atoms with Crippen LogP contribution in [-0.4, -0.2) is 22.2 Å². The molecule has 1 heterocycles. The molecule has 0 amide bonds. The molecule has 2 aromatic rings. The third-order valence-electron chi connectivity index (χ3n) is 1.55. The highest BCUT2D eigenvalue weighted by molar-refractivity contribution is 5.29. The maximum Gasteiger partial charge on any atom is 0.119 e. The van der Waals surface area contributed by atoms with E-state index in [-0.39, 0.29) is 5.75 Å². The zero-order valence-corrected chi connectivity index (χ0v) is 8.37. The molecule has 78 valence electrons. The Morgan fingerprint density at radius 3 is 2.00 bits per heavy atom. The number of hydrogen-bond acceptors (Lipinski definition) is 4. The summed E-state index contributed by atoms with van der Waals surface area (Å²) in [6.45, 7) is 0. The summed E-state index contributed by atoms with van der Waals surface area (Å²) >= 11 is 0. The van der Waals surface area contributed by atoms with Gasteiger partial charge in [0.2, 0.25) is 0 Å². The SMILES string of the molecule is COc1ccc(O)cc1.c1cncnc1. The second-order valence-corrected chi connectivity index (χ2v) is 2.60. The summed E-state index contributed by atoms with van der Waals surface area (Å²) in [5.74, 6) is 1.02. The topological polar surface area (TPSA) is 55.2 Å². The van der Waals surface area contributed by atoms with Crippen LogP contribution in [0.4, 0.5) is 0 Å². The van der Waals surface area contributed by atoms with E-state index in [0.717, 1.165) is 5.75 Å². The first-order chi connectivity index (χ1) is 7.33. The van der Waals surface area contributed by atoms with Crippen molar-refractivity contribution < 1.29 is 9.84 Å².